The van der Waals surface area contributed by atoms with Crippen LogP contribution in [-0.4, -0.2) is 24.1 Å². The second kappa shape index (κ2) is 7.51. The Kier molecular flexibility index (Phi) is 5.19. The van der Waals surface area contributed by atoms with Crippen LogP contribution in [0.3, 0.4) is 0 Å². The van der Waals surface area contributed by atoms with Crippen molar-refractivity contribution in [3.63, 3.8) is 0 Å². The highest BCUT2D eigenvalue weighted by Gasteiger charge is 2.27. The molecule has 2 aromatic heterocycles. The van der Waals surface area contributed by atoms with Gasteiger partial charge in [-0.15, -0.1) is 0 Å². The van der Waals surface area contributed by atoms with Crippen LogP contribution < -0.4 is 5.32 Å². The molecule has 1 aliphatic rings. The summed E-state index contributed by atoms with van der Waals surface area (Å²) in [5.74, 6) is 0.475. The standard InChI is InChI=1S/C17H20N2O2S/c20-16(10-13-5-9-22-12-13)19-17(14-3-7-21-8-4-14)15-2-1-6-18-11-15/h1-2,5-6,9,11-12,14,17H,3-4,7-8,10H2,(H,19,20). The van der Waals surface area contributed by atoms with Gasteiger partial charge in [-0.25, -0.2) is 0 Å². The first kappa shape index (κ1) is 15.2. The monoisotopic (exact) mass is 316 g/mol. The number of hydrogen-bond donors (Lipinski definition) is 1. The average molecular weight is 316 g/mol. The molecule has 1 aliphatic heterocycles. The lowest BCUT2D eigenvalue weighted by atomic mass is 9.87. The molecule has 1 unspecified atom stereocenters. The van der Waals surface area contributed by atoms with E-state index in [0.717, 1.165) is 37.2 Å². The molecule has 1 atom stereocenters. The zero-order valence-electron chi connectivity index (χ0n) is 12.4. The zero-order chi connectivity index (χ0) is 15.2. The number of nitrogens with zero attached hydrogens (tertiary/aromatic N) is 1. The Balaban J connectivity index is 1.71. The Labute approximate surface area is 134 Å². The van der Waals surface area contributed by atoms with Gasteiger partial charge in [0.05, 0.1) is 12.5 Å². The molecule has 3 rings (SSSR count). The van der Waals surface area contributed by atoms with Gasteiger partial charge in [-0.3, -0.25) is 9.78 Å². The van der Waals surface area contributed by atoms with E-state index in [1.54, 1.807) is 17.5 Å². The summed E-state index contributed by atoms with van der Waals surface area (Å²) >= 11 is 1.62. The summed E-state index contributed by atoms with van der Waals surface area (Å²) in [6.45, 7) is 1.53. The molecule has 1 fully saturated rings. The van der Waals surface area contributed by atoms with Crippen LogP contribution in [0.25, 0.3) is 0 Å². The molecule has 0 saturated carbocycles. The summed E-state index contributed by atoms with van der Waals surface area (Å²) in [4.78, 5) is 16.6. The minimum absolute atomic E-state index is 0.0173. The molecule has 3 heterocycles. The number of aromatic nitrogens is 1. The molecule has 0 radical (unpaired) electrons. The molecule has 0 spiro atoms. The molecular formula is C17H20N2O2S. The summed E-state index contributed by atoms with van der Waals surface area (Å²) in [7, 11) is 0. The molecular weight excluding hydrogens is 296 g/mol. The smallest absolute Gasteiger partial charge is 0.224 e. The molecule has 5 heteroatoms. The van der Waals surface area contributed by atoms with Gasteiger partial charge in [0.25, 0.3) is 0 Å². The number of amides is 1. The maximum Gasteiger partial charge on any atom is 0.224 e. The van der Waals surface area contributed by atoms with E-state index >= 15 is 0 Å². The lowest BCUT2D eigenvalue weighted by molar-refractivity contribution is -0.121. The minimum Gasteiger partial charge on any atom is -0.381 e. The largest absolute Gasteiger partial charge is 0.381 e. The molecule has 116 valence electrons. The number of rotatable bonds is 5. The Morgan fingerprint density at radius 1 is 1.41 bits per heavy atom. The number of thiophene rings is 1. The number of hydrogen-bond acceptors (Lipinski definition) is 4. The van der Waals surface area contributed by atoms with Crippen molar-refractivity contribution in [2.24, 2.45) is 5.92 Å². The van der Waals surface area contributed by atoms with E-state index in [9.17, 15) is 4.79 Å². The number of carbonyl (C=O) groups excluding carboxylic acids is 1. The normalized spacial score (nSPS) is 17.1. The highest BCUT2D eigenvalue weighted by atomic mass is 32.1. The number of ether oxygens (including phenoxy) is 1. The molecule has 1 amide bonds. The Morgan fingerprint density at radius 3 is 2.95 bits per heavy atom. The quantitative estimate of drug-likeness (QED) is 0.922. The maximum atomic E-state index is 12.4. The highest BCUT2D eigenvalue weighted by molar-refractivity contribution is 7.07. The van der Waals surface area contributed by atoms with Gasteiger partial charge in [-0.05, 0) is 52.8 Å². The van der Waals surface area contributed by atoms with Crippen molar-refractivity contribution in [1.82, 2.24) is 10.3 Å². The van der Waals surface area contributed by atoms with Crippen LogP contribution in [0.1, 0.15) is 30.0 Å². The van der Waals surface area contributed by atoms with Gasteiger partial charge in [0.2, 0.25) is 5.91 Å². The van der Waals surface area contributed by atoms with Gasteiger partial charge < -0.3 is 10.1 Å². The first-order valence-electron chi connectivity index (χ1n) is 7.61. The zero-order valence-corrected chi connectivity index (χ0v) is 13.2. The van der Waals surface area contributed by atoms with E-state index in [-0.39, 0.29) is 11.9 Å². The number of carbonyl (C=O) groups is 1. The Morgan fingerprint density at radius 2 is 2.27 bits per heavy atom. The van der Waals surface area contributed by atoms with Gasteiger partial charge in [0.1, 0.15) is 0 Å². The van der Waals surface area contributed by atoms with Gasteiger partial charge in [-0.1, -0.05) is 6.07 Å². The van der Waals surface area contributed by atoms with Crippen molar-refractivity contribution in [3.05, 3.63) is 52.5 Å². The third kappa shape index (κ3) is 3.93. The first-order valence-corrected chi connectivity index (χ1v) is 8.55. The Hall–Kier alpha value is -1.72. The second-order valence-corrected chi connectivity index (χ2v) is 6.37. The highest BCUT2D eigenvalue weighted by Crippen LogP contribution is 2.29. The lowest BCUT2D eigenvalue weighted by Gasteiger charge is -2.31. The summed E-state index contributed by atoms with van der Waals surface area (Å²) in [6.07, 6.45) is 5.99. The van der Waals surface area contributed by atoms with Crippen LogP contribution in [0.5, 0.6) is 0 Å². The molecule has 1 saturated heterocycles. The fourth-order valence-electron chi connectivity index (χ4n) is 2.89. The predicted octanol–water partition coefficient (Wildman–Crippen LogP) is 2.97. The molecule has 1 N–H and O–H groups in total. The lowest BCUT2D eigenvalue weighted by Crippen LogP contribution is -2.36. The summed E-state index contributed by atoms with van der Waals surface area (Å²) in [5, 5.41) is 7.23. The Bertz CT molecular complexity index is 580. The summed E-state index contributed by atoms with van der Waals surface area (Å²) in [6, 6.07) is 5.98. The average Bonchev–Trinajstić information content (AvgIpc) is 3.07. The number of nitrogens with one attached hydrogen (secondary N) is 1. The predicted molar refractivity (Wildman–Crippen MR) is 86.7 cm³/mol. The van der Waals surface area contributed by atoms with Gasteiger partial charge in [0, 0.05) is 25.6 Å². The van der Waals surface area contributed by atoms with E-state index in [2.05, 4.69) is 10.3 Å². The van der Waals surface area contributed by atoms with Crippen LogP contribution in [0.4, 0.5) is 0 Å². The van der Waals surface area contributed by atoms with E-state index in [1.165, 1.54) is 0 Å². The van der Waals surface area contributed by atoms with E-state index in [0.29, 0.717) is 12.3 Å². The van der Waals surface area contributed by atoms with Crippen LogP contribution in [-0.2, 0) is 16.0 Å². The molecule has 0 aromatic carbocycles. The van der Waals surface area contributed by atoms with Gasteiger partial charge >= 0.3 is 0 Å². The van der Waals surface area contributed by atoms with Crippen molar-refractivity contribution in [1.29, 1.82) is 0 Å². The van der Waals surface area contributed by atoms with E-state index in [4.69, 9.17) is 4.74 Å². The van der Waals surface area contributed by atoms with Crippen molar-refractivity contribution < 1.29 is 9.53 Å². The van der Waals surface area contributed by atoms with Crippen molar-refractivity contribution >= 4 is 17.2 Å². The van der Waals surface area contributed by atoms with Gasteiger partial charge in [0.15, 0.2) is 0 Å². The van der Waals surface area contributed by atoms with E-state index < -0.39 is 0 Å². The number of pyridine rings is 1. The van der Waals surface area contributed by atoms with Crippen molar-refractivity contribution in [2.75, 3.05) is 13.2 Å². The molecule has 0 aliphatic carbocycles. The van der Waals surface area contributed by atoms with Crippen LogP contribution in [0.15, 0.2) is 41.4 Å². The topological polar surface area (TPSA) is 51.2 Å². The minimum atomic E-state index is 0.0173. The third-order valence-electron chi connectivity index (χ3n) is 4.04. The van der Waals surface area contributed by atoms with Crippen molar-refractivity contribution in [2.45, 2.75) is 25.3 Å². The second-order valence-electron chi connectivity index (χ2n) is 5.59. The first-order chi connectivity index (χ1) is 10.8. The molecule has 4 nitrogen and oxygen atoms in total. The van der Waals surface area contributed by atoms with E-state index in [1.807, 2.05) is 35.2 Å². The van der Waals surface area contributed by atoms with Gasteiger partial charge in [-0.2, -0.15) is 11.3 Å². The SMILES string of the molecule is O=C(Cc1ccsc1)NC(c1cccnc1)C1CCOCC1. The molecule has 22 heavy (non-hydrogen) atoms. The fraction of sp³-hybridized carbons (Fsp3) is 0.412. The third-order valence-corrected chi connectivity index (χ3v) is 4.77. The fourth-order valence-corrected chi connectivity index (χ4v) is 3.55. The maximum absolute atomic E-state index is 12.4. The summed E-state index contributed by atoms with van der Waals surface area (Å²) in [5.41, 5.74) is 2.15. The van der Waals surface area contributed by atoms with Crippen LogP contribution >= 0.6 is 11.3 Å². The van der Waals surface area contributed by atoms with Crippen molar-refractivity contribution in [3.8, 4) is 0 Å². The van der Waals surface area contributed by atoms with Crippen LogP contribution in [0.2, 0.25) is 0 Å². The molecule has 2 aromatic rings. The molecule has 0 bridgehead atoms. The summed E-state index contributed by atoms with van der Waals surface area (Å²) < 4.78 is 5.45. The van der Waals surface area contributed by atoms with Crippen LogP contribution in [0, 0.1) is 5.92 Å².